The molecule has 1 aliphatic carbocycles. The number of rotatable bonds is 4. The van der Waals surface area contributed by atoms with Crippen LogP contribution >= 0.6 is 11.3 Å². The van der Waals surface area contributed by atoms with E-state index in [0.29, 0.717) is 0 Å². The Morgan fingerprint density at radius 2 is 1.08 bits per heavy atom. The van der Waals surface area contributed by atoms with Crippen LogP contribution in [0.2, 0.25) is 0 Å². The highest BCUT2D eigenvalue weighted by molar-refractivity contribution is 7.25. The van der Waals surface area contributed by atoms with Crippen molar-refractivity contribution in [1.29, 1.82) is 0 Å². The number of thiophene rings is 1. The van der Waals surface area contributed by atoms with Crippen LogP contribution in [0.5, 0.6) is 0 Å². The van der Waals surface area contributed by atoms with Gasteiger partial charge < -0.3 is 9.32 Å². The van der Waals surface area contributed by atoms with Gasteiger partial charge >= 0.3 is 0 Å². The van der Waals surface area contributed by atoms with E-state index >= 15 is 0 Å². The first-order valence-electron chi connectivity index (χ1n) is 16.5. The van der Waals surface area contributed by atoms with E-state index in [1.54, 1.807) is 0 Å². The Morgan fingerprint density at radius 1 is 0.479 bits per heavy atom. The Hall–Kier alpha value is -5.64. The van der Waals surface area contributed by atoms with E-state index in [2.05, 4.69) is 164 Å². The molecule has 1 aliphatic rings. The van der Waals surface area contributed by atoms with Crippen LogP contribution in [0.15, 0.2) is 156 Å². The van der Waals surface area contributed by atoms with Gasteiger partial charge in [-0.25, -0.2) is 0 Å². The van der Waals surface area contributed by atoms with Crippen LogP contribution in [0.4, 0.5) is 17.1 Å². The topological polar surface area (TPSA) is 16.4 Å². The summed E-state index contributed by atoms with van der Waals surface area (Å²) in [5, 5.41) is 4.85. The van der Waals surface area contributed by atoms with E-state index in [-0.39, 0.29) is 5.41 Å². The fourth-order valence-electron chi connectivity index (χ4n) is 8.20. The molecule has 0 radical (unpaired) electrons. The summed E-state index contributed by atoms with van der Waals surface area (Å²) in [5.74, 6) is 0. The van der Waals surface area contributed by atoms with Gasteiger partial charge in [0, 0.05) is 41.9 Å². The summed E-state index contributed by atoms with van der Waals surface area (Å²) in [6.45, 7) is 4.73. The highest BCUT2D eigenvalue weighted by atomic mass is 32.1. The summed E-state index contributed by atoms with van der Waals surface area (Å²) in [5.41, 5.74) is 12.6. The molecule has 0 bridgehead atoms. The first-order valence-corrected chi connectivity index (χ1v) is 17.3. The zero-order valence-corrected chi connectivity index (χ0v) is 27.5. The van der Waals surface area contributed by atoms with Gasteiger partial charge in [0.15, 0.2) is 5.58 Å². The molecule has 0 atom stereocenters. The first kappa shape index (κ1) is 27.5. The van der Waals surface area contributed by atoms with E-state index in [0.717, 1.165) is 39.0 Å². The maximum Gasteiger partial charge on any atom is 0.159 e. The van der Waals surface area contributed by atoms with Gasteiger partial charge in [0.25, 0.3) is 0 Å². The van der Waals surface area contributed by atoms with E-state index in [9.17, 15) is 0 Å². The minimum Gasteiger partial charge on any atom is -0.454 e. The fraction of sp³-hybridized carbons (Fsp3) is 0.0667. The zero-order chi connectivity index (χ0) is 32.0. The molecule has 3 heteroatoms. The molecule has 0 saturated carbocycles. The number of hydrogen-bond acceptors (Lipinski definition) is 3. The van der Waals surface area contributed by atoms with Gasteiger partial charge in [0.2, 0.25) is 0 Å². The normalized spacial score (nSPS) is 13.4. The molecule has 0 amide bonds. The molecule has 0 aliphatic heterocycles. The molecule has 48 heavy (non-hydrogen) atoms. The molecule has 2 aromatic heterocycles. The third-order valence-corrected chi connectivity index (χ3v) is 11.4. The SMILES string of the molecule is CC1(C)c2ccccc2-c2cccc(N(c3ccccc3-c3cccc4sc5ccccc5c34)c3cccc4c3oc3ccccc34)c21. The number of benzene rings is 7. The lowest BCUT2D eigenvalue weighted by molar-refractivity contribution is 0.659. The van der Waals surface area contributed by atoms with Gasteiger partial charge in [-0.1, -0.05) is 129 Å². The van der Waals surface area contributed by atoms with Gasteiger partial charge in [0.05, 0.1) is 17.1 Å². The predicted molar refractivity (Wildman–Crippen MR) is 204 cm³/mol. The summed E-state index contributed by atoms with van der Waals surface area (Å²) in [6.07, 6.45) is 0. The third kappa shape index (κ3) is 3.79. The molecule has 2 nitrogen and oxygen atoms in total. The molecule has 10 rings (SSSR count). The molecule has 9 aromatic rings. The van der Waals surface area contributed by atoms with Gasteiger partial charge in [-0.2, -0.15) is 0 Å². The maximum atomic E-state index is 6.76. The second-order valence-electron chi connectivity index (χ2n) is 13.3. The van der Waals surface area contributed by atoms with Crippen LogP contribution in [0.25, 0.3) is 64.4 Å². The van der Waals surface area contributed by atoms with Crippen LogP contribution in [0.3, 0.4) is 0 Å². The molecule has 2 heterocycles. The first-order chi connectivity index (χ1) is 23.6. The fourth-order valence-corrected chi connectivity index (χ4v) is 9.33. The largest absolute Gasteiger partial charge is 0.454 e. The van der Waals surface area contributed by atoms with Crippen LogP contribution in [0.1, 0.15) is 25.0 Å². The van der Waals surface area contributed by atoms with Crippen LogP contribution in [-0.2, 0) is 5.41 Å². The van der Waals surface area contributed by atoms with Crippen molar-refractivity contribution >= 4 is 70.5 Å². The monoisotopic (exact) mass is 633 g/mol. The van der Waals surface area contributed by atoms with Gasteiger partial charge in [-0.05, 0) is 64.2 Å². The lowest BCUT2D eigenvalue weighted by Crippen LogP contribution is -2.21. The molecule has 0 fully saturated rings. The molecule has 0 saturated heterocycles. The number of hydrogen-bond donors (Lipinski definition) is 0. The van der Waals surface area contributed by atoms with Crippen LogP contribution in [-0.4, -0.2) is 0 Å². The van der Waals surface area contributed by atoms with Gasteiger partial charge in [0.1, 0.15) is 5.58 Å². The molecule has 228 valence electrons. The van der Waals surface area contributed by atoms with Crippen molar-refractivity contribution in [2.75, 3.05) is 4.90 Å². The van der Waals surface area contributed by atoms with Crippen molar-refractivity contribution in [3.8, 4) is 22.3 Å². The number of furan rings is 1. The minimum atomic E-state index is -0.207. The molecule has 0 spiro atoms. The summed E-state index contributed by atoms with van der Waals surface area (Å²) in [7, 11) is 0. The number of anilines is 3. The smallest absolute Gasteiger partial charge is 0.159 e. The Balaban J connectivity index is 1.32. The molecular formula is C45H31NOS. The summed E-state index contributed by atoms with van der Waals surface area (Å²) >= 11 is 1.86. The highest BCUT2D eigenvalue weighted by Crippen LogP contribution is 2.56. The molecular weight excluding hydrogens is 603 g/mol. The molecule has 0 unspecified atom stereocenters. The summed E-state index contributed by atoms with van der Waals surface area (Å²) in [4.78, 5) is 2.47. The van der Waals surface area contributed by atoms with Gasteiger partial charge in [-0.15, -0.1) is 11.3 Å². The zero-order valence-electron chi connectivity index (χ0n) is 26.7. The Labute approximate surface area is 283 Å². The third-order valence-electron chi connectivity index (χ3n) is 10.3. The van der Waals surface area contributed by atoms with Crippen molar-refractivity contribution in [3.63, 3.8) is 0 Å². The standard InChI is InChI=1S/C45H31NOS/c1-45(2)35-21-7-3-14-28(35)32-19-11-23-37(43(32)45)46(38-24-12-20-33-30-16-5-9-25-39(30)47-44(33)38)36-22-8-4-15-29(36)31-18-13-27-41-42(31)34-17-6-10-26-40(34)48-41/h3-27H,1-2H3. The van der Waals surface area contributed by atoms with E-state index in [1.807, 2.05) is 17.4 Å². The van der Waals surface area contributed by atoms with Crippen LogP contribution in [0, 0.1) is 0 Å². The number of para-hydroxylation sites is 3. The van der Waals surface area contributed by atoms with Crippen molar-refractivity contribution in [2.24, 2.45) is 0 Å². The summed E-state index contributed by atoms with van der Waals surface area (Å²) < 4.78 is 9.37. The average molecular weight is 634 g/mol. The highest BCUT2D eigenvalue weighted by Gasteiger charge is 2.39. The lowest BCUT2D eigenvalue weighted by atomic mass is 9.81. The minimum absolute atomic E-state index is 0.207. The quantitative estimate of drug-likeness (QED) is 0.192. The summed E-state index contributed by atoms with van der Waals surface area (Å²) in [6, 6.07) is 55.0. The van der Waals surface area contributed by atoms with Gasteiger partial charge in [-0.3, -0.25) is 0 Å². The van der Waals surface area contributed by atoms with Crippen molar-refractivity contribution in [2.45, 2.75) is 19.3 Å². The Morgan fingerprint density at radius 3 is 2.00 bits per heavy atom. The molecule has 0 N–H and O–H groups in total. The van der Waals surface area contributed by atoms with Crippen molar-refractivity contribution < 1.29 is 4.42 Å². The second kappa shape index (κ2) is 10.2. The van der Waals surface area contributed by atoms with Crippen molar-refractivity contribution in [3.05, 3.63) is 163 Å². The molecule has 7 aromatic carbocycles. The van der Waals surface area contributed by atoms with Crippen LogP contribution < -0.4 is 4.90 Å². The predicted octanol–water partition coefficient (Wildman–Crippen LogP) is 13.4. The lowest BCUT2D eigenvalue weighted by Gasteiger charge is -2.33. The second-order valence-corrected chi connectivity index (χ2v) is 14.3. The number of fused-ring (bicyclic) bond motifs is 9. The number of nitrogens with zero attached hydrogens (tertiary/aromatic N) is 1. The van der Waals surface area contributed by atoms with E-state index < -0.39 is 0 Å². The van der Waals surface area contributed by atoms with Crippen molar-refractivity contribution in [1.82, 2.24) is 0 Å². The average Bonchev–Trinajstić information content (AvgIpc) is 3.77. The Kier molecular flexibility index (Phi) is 5.82. The maximum absolute atomic E-state index is 6.76. The Bertz CT molecular complexity index is 2730. The van der Waals surface area contributed by atoms with E-state index in [1.165, 1.54) is 53.6 Å². The van der Waals surface area contributed by atoms with E-state index in [4.69, 9.17) is 4.42 Å².